The average Bonchev–Trinajstić information content (AvgIpc) is 2.69. The highest BCUT2D eigenvalue weighted by molar-refractivity contribution is 5.95. The van der Waals surface area contributed by atoms with Crippen molar-refractivity contribution in [2.45, 2.75) is 0 Å². The Morgan fingerprint density at radius 2 is 1.50 bits per heavy atom. The van der Waals surface area contributed by atoms with Gasteiger partial charge < -0.3 is 0 Å². The molecule has 0 fully saturated rings. The summed E-state index contributed by atoms with van der Waals surface area (Å²) in [6.07, 6.45) is 1.43. The molecular formula is C20H15N3O3. The van der Waals surface area contributed by atoms with Crippen molar-refractivity contribution in [1.82, 2.24) is 5.43 Å². The largest absolute Gasteiger partial charge is 0.271 e. The third kappa shape index (κ3) is 4.18. The molecule has 0 radical (unpaired) electrons. The fourth-order valence-electron chi connectivity index (χ4n) is 2.36. The summed E-state index contributed by atoms with van der Waals surface area (Å²) in [6.45, 7) is 0. The number of carbonyl (C=O) groups is 1. The summed E-state index contributed by atoms with van der Waals surface area (Å²) in [4.78, 5) is 22.2. The molecule has 1 N–H and O–H groups in total. The van der Waals surface area contributed by atoms with Crippen LogP contribution in [-0.2, 0) is 0 Å². The zero-order valence-electron chi connectivity index (χ0n) is 13.7. The number of benzene rings is 3. The van der Waals surface area contributed by atoms with Crippen LogP contribution in [0.15, 0.2) is 84.0 Å². The number of nitro groups is 1. The maximum Gasteiger partial charge on any atom is 0.271 e. The fourth-order valence-corrected chi connectivity index (χ4v) is 2.36. The van der Waals surface area contributed by atoms with Crippen molar-refractivity contribution < 1.29 is 9.72 Å². The molecule has 26 heavy (non-hydrogen) atoms. The third-order valence-corrected chi connectivity index (χ3v) is 3.74. The number of nitrogens with zero attached hydrogens (tertiary/aromatic N) is 2. The van der Waals surface area contributed by atoms with Crippen LogP contribution in [0, 0.1) is 10.1 Å². The first-order valence-electron chi connectivity index (χ1n) is 7.87. The molecule has 0 atom stereocenters. The topological polar surface area (TPSA) is 84.6 Å². The van der Waals surface area contributed by atoms with Gasteiger partial charge in [-0.15, -0.1) is 0 Å². The van der Waals surface area contributed by atoms with Crippen LogP contribution in [0.4, 0.5) is 5.69 Å². The predicted octanol–water partition coefficient (Wildman–Crippen LogP) is 4.03. The Bertz CT molecular complexity index is 934. The summed E-state index contributed by atoms with van der Waals surface area (Å²) in [6, 6.07) is 23.0. The van der Waals surface area contributed by atoms with Crippen molar-refractivity contribution in [3.8, 4) is 11.1 Å². The van der Waals surface area contributed by atoms with Crippen molar-refractivity contribution in [1.29, 1.82) is 0 Å². The smallest absolute Gasteiger partial charge is 0.267 e. The molecule has 0 aromatic heterocycles. The molecule has 0 bridgehead atoms. The molecule has 0 unspecified atom stereocenters. The van der Waals surface area contributed by atoms with Crippen LogP contribution >= 0.6 is 0 Å². The standard InChI is InChI=1S/C20H15N3O3/c24-20(22-21-14-15-6-12-19(13-7-15)23(25)26)18-10-8-17(9-11-18)16-4-2-1-3-5-16/h1-14H,(H,22,24)/b21-14-. The molecule has 0 saturated heterocycles. The second kappa shape index (κ2) is 7.85. The summed E-state index contributed by atoms with van der Waals surface area (Å²) < 4.78 is 0. The highest BCUT2D eigenvalue weighted by Crippen LogP contribution is 2.19. The van der Waals surface area contributed by atoms with Crippen molar-refractivity contribution in [3.05, 3.63) is 100 Å². The summed E-state index contributed by atoms with van der Waals surface area (Å²) in [5.74, 6) is -0.331. The van der Waals surface area contributed by atoms with Crippen LogP contribution in [0.2, 0.25) is 0 Å². The van der Waals surface area contributed by atoms with Gasteiger partial charge in [-0.2, -0.15) is 5.10 Å². The van der Waals surface area contributed by atoms with Gasteiger partial charge in [0.2, 0.25) is 0 Å². The normalized spacial score (nSPS) is 10.6. The number of hydrogen-bond acceptors (Lipinski definition) is 4. The Labute approximate surface area is 150 Å². The van der Waals surface area contributed by atoms with E-state index in [0.29, 0.717) is 11.1 Å². The van der Waals surface area contributed by atoms with E-state index >= 15 is 0 Å². The van der Waals surface area contributed by atoms with Gasteiger partial charge in [-0.25, -0.2) is 5.43 Å². The highest BCUT2D eigenvalue weighted by atomic mass is 16.6. The van der Waals surface area contributed by atoms with E-state index in [1.165, 1.54) is 18.3 Å². The molecule has 3 aromatic carbocycles. The summed E-state index contributed by atoms with van der Waals surface area (Å²) in [7, 11) is 0. The van der Waals surface area contributed by atoms with E-state index < -0.39 is 4.92 Å². The molecule has 3 rings (SSSR count). The van der Waals surface area contributed by atoms with Crippen LogP contribution in [0.25, 0.3) is 11.1 Å². The molecule has 0 spiro atoms. The van der Waals surface area contributed by atoms with E-state index in [0.717, 1.165) is 11.1 Å². The molecule has 0 heterocycles. The first-order chi connectivity index (χ1) is 12.6. The van der Waals surface area contributed by atoms with Crippen molar-refractivity contribution in [2.24, 2.45) is 5.10 Å². The summed E-state index contributed by atoms with van der Waals surface area (Å²) in [5, 5.41) is 14.5. The molecule has 1 amide bonds. The van der Waals surface area contributed by atoms with Crippen molar-refractivity contribution >= 4 is 17.8 Å². The number of non-ortho nitro benzene ring substituents is 1. The van der Waals surface area contributed by atoms with E-state index in [1.54, 1.807) is 24.3 Å². The van der Waals surface area contributed by atoms with Gasteiger partial charge in [-0.05, 0) is 41.0 Å². The lowest BCUT2D eigenvalue weighted by Gasteiger charge is -2.03. The Balaban J connectivity index is 1.62. The molecule has 0 aliphatic heterocycles. The molecule has 6 nitrogen and oxygen atoms in total. The van der Waals surface area contributed by atoms with Crippen LogP contribution < -0.4 is 5.43 Å². The number of hydrazone groups is 1. The maximum atomic E-state index is 12.1. The number of carbonyl (C=O) groups excluding carboxylic acids is 1. The van der Waals surface area contributed by atoms with Gasteiger partial charge in [0.25, 0.3) is 11.6 Å². The monoisotopic (exact) mass is 345 g/mol. The van der Waals surface area contributed by atoms with Gasteiger partial charge in [-0.1, -0.05) is 42.5 Å². The van der Waals surface area contributed by atoms with Gasteiger partial charge in [0.15, 0.2) is 0 Å². The van der Waals surface area contributed by atoms with Crippen LogP contribution in [-0.4, -0.2) is 17.0 Å². The molecule has 0 aliphatic carbocycles. The molecule has 6 heteroatoms. The number of hydrogen-bond donors (Lipinski definition) is 1. The maximum absolute atomic E-state index is 12.1. The van der Waals surface area contributed by atoms with Gasteiger partial charge in [0.05, 0.1) is 11.1 Å². The lowest BCUT2D eigenvalue weighted by atomic mass is 10.0. The van der Waals surface area contributed by atoms with Crippen LogP contribution in [0.1, 0.15) is 15.9 Å². The van der Waals surface area contributed by atoms with Gasteiger partial charge >= 0.3 is 0 Å². The molecule has 0 saturated carbocycles. The first-order valence-corrected chi connectivity index (χ1v) is 7.87. The highest BCUT2D eigenvalue weighted by Gasteiger charge is 2.05. The lowest BCUT2D eigenvalue weighted by Crippen LogP contribution is -2.17. The Kier molecular flexibility index (Phi) is 5.14. The Hall–Kier alpha value is -3.80. The molecule has 3 aromatic rings. The minimum absolute atomic E-state index is 0.00434. The van der Waals surface area contributed by atoms with Crippen LogP contribution in [0.3, 0.4) is 0 Å². The molecule has 128 valence electrons. The van der Waals surface area contributed by atoms with Crippen molar-refractivity contribution in [2.75, 3.05) is 0 Å². The lowest BCUT2D eigenvalue weighted by molar-refractivity contribution is -0.384. The van der Waals surface area contributed by atoms with Gasteiger partial charge in [-0.3, -0.25) is 14.9 Å². The number of amides is 1. The average molecular weight is 345 g/mol. The van der Waals surface area contributed by atoms with E-state index in [4.69, 9.17) is 0 Å². The summed E-state index contributed by atoms with van der Waals surface area (Å²) >= 11 is 0. The Morgan fingerprint density at radius 1 is 0.885 bits per heavy atom. The second-order valence-electron chi connectivity index (χ2n) is 5.49. The Morgan fingerprint density at radius 3 is 2.12 bits per heavy atom. The van der Waals surface area contributed by atoms with Gasteiger partial charge in [0, 0.05) is 17.7 Å². The van der Waals surface area contributed by atoms with Crippen LogP contribution in [0.5, 0.6) is 0 Å². The van der Waals surface area contributed by atoms with E-state index in [1.807, 2.05) is 42.5 Å². The summed E-state index contributed by atoms with van der Waals surface area (Å²) in [5.41, 5.74) is 5.69. The first kappa shape index (κ1) is 17.0. The molecule has 0 aliphatic rings. The zero-order valence-corrected chi connectivity index (χ0v) is 13.7. The fraction of sp³-hybridized carbons (Fsp3) is 0. The van der Waals surface area contributed by atoms with E-state index in [2.05, 4.69) is 10.5 Å². The minimum atomic E-state index is -0.470. The minimum Gasteiger partial charge on any atom is -0.267 e. The number of nitrogens with one attached hydrogen (secondary N) is 1. The zero-order chi connectivity index (χ0) is 18.4. The van der Waals surface area contributed by atoms with E-state index in [9.17, 15) is 14.9 Å². The SMILES string of the molecule is O=C(N/N=C\c1ccc([N+](=O)[O-])cc1)c1ccc(-c2ccccc2)cc1. The number of rotatable bonds is 5. The van der Waals surface area contributed by atoms with Gasteiger partial charge in [0.1, 0.15) is 0 Å². The quantitative estimate of drug-likeness (QED) is 0.430. The van der Waals surface area contributed by atoms with E-state index in [-0.39, 0.29) is 11.6 Å². The van der Waals surface area contributed by atoms with Crippen molar-refractivity contribution in [3.63, 3.8) is 0 Å². The second-order valence-corrected chi connectivity index (χ2v) is 5.49. The predicted molar refractivity (Wildman–Crippen MR) is 100 cm³/mol. The third-order valence-electron chi connectivity index (χ3n) is 3.74. The molecular weight excluding hydrogens is 330 g/mol. The number of nitro benzene ring substituents is 1.